The molecule has 0 atom stereocenters. The van der Waals surface area contributed by atoms with E-state index in [0.29, 0.717) is 12.2 Å². The summed E-state index contributed by atoms with van der Waals surface area (Å²) in [5.41, 5.74) is 0. The Morgan fingerprint density at radius 3 is 2.71 bits per heavy atom. The molecule has 0 saturated carbocycles. The van der Waals surface area contributed by atoms with Gasteiger partial charge in [-0.3, -0.25) is 4.90 Å². The van der Waals surface area contributed by atoms with Gasteiger partial charge in [0.05, 0.1) is 17.2 Å². The Labute approximate surface area is 108 Å². The van der Waals surface area contributed by atoms with Crippen molar-refractivity contribution in [1.29, 1.82) is 0 Å². The van der Waals surface area contributed by atoms with E-state index in [1.807, 2.05) is 17.5 Å². The summed E-state index contributed by atoms with van der Waals surface area (Å²) in [6.07, 6.45) is 5.16. The van der Waals surface area contributed by atoms with Crippen LogP contribution in [-0.4, -0.2) is 35.2 Å². The second kappa shape index (κ2) is 5.94. The number of hydrogen-bond acceptors (Lipinski definition) is 4. The smallest absolute Gasteiger partial charge is 0.0897 e. The lowest BCUT2D eigenvalue weighted by Gasteiger charge is -2.32. The Balaban J connectivity index is 1.75. The summed E-state index contributed by atoms with van der Waals surface area (Å²) in [6.45, 7) is 9.65. The Bertz CT molecular complexity index is 343. The molecule has 1 aliphatic rings. The number of nitrogens with zero attached hydrogens (tertiary/aromatic N) is 2. The standard InChI is InChI=1S/C13H22N2OS/c1-10(2)16-12-4-6-15(7-5-12)9-13-8-14-11(3)17-13/h8,10,12H,4-7,9H2,1-3H3. The predicted octanol–water partition coefficient (Wildman–Crippen LogP) is 2.84. The van der Waals surface area contributed by atoms with Gasteiger partial charge < -0.3 is 4.74 Å². The van der Waals surface area contributed by atoms with Crippen LogP contribution in [0.4, 0.5) is 0 Å². The quantitative estimate of drug-likeness (QED) is 0.826. The summed E-state index contributed by atoms with van der Waals surface area (Å²) in [6, 6.07) is 0. The zero-order valence-corrected chi connectivity index (χ0v) is 11.8. The third kappa shape index (κ3) is 4.05. The van der Waals surface area contributed by atoms with Crippen molar-refractivity contribution in [3.8, 4) is 0 Å². The average Bonchev–Trinajstić information content (AvgIpc) is 2.66. The summed E-state index contributed by atoms with van der Waals surface area (Å²) in [4.78, 5) is 8.19. The topological polar surface area (TPSA) is 25.4 Å². The van der Waals surface area contributed by atoms with Crippen molar-refractivity contribution in [2.75, 3.05) is 13.1 Å². The number of rotatable bonds is 4. The first-order chi connectivity index (χ1) is 8.13. The van der Waals surface area contributed by atoms with Gasteiger partial charge in [0.2, 0.25) is 0 Å². The molecular weight excluding hydrogens is 232 g/mol. The molecule has 0 unspecified atom stereocenters. The van der Waals surface area contributed by atoms with Crippen molar-refractivity contribution in [3.63, 3.8) is 0 Å². The first kappa shape index (κ1) is 13.0. The van der Waals surface area contributed by atoms with Gasteiger partial charge in [-0.2, -0.15) is 0 Å². The molecule has 2 rings (SSSR count). The lowest BCUT2D eigenvalue weighted by molar-refractivity contribution is -0.0278. The maximum atomic E-state index is 5.86. The normalized spacial score (nSPS) is 19.1. The summed E-state index contributed by atoms with van der Waals surface area (Å²) in [5, 5.41) is 1.16. The highest BCUT2D eigenvalue weighted by Gasteiger charge is 2.20. The van der Waals surface area contributed by atoms with Crippen LogP contribution in [0.15, 0.2) is 6.20 Å². The Kier molecular flexibility index (Phi) is 4.54. The van der Waals surface area contributed by atoms with E-state index in [-0.39, 0.29) is 0 Å². The van der Waals surface area contributed by atoms with Crippen molar-refractivity contribution in [3.05, 3.63) is 16.1 Å². The van der Waals surface area contributed by atoms with Crippen LogP contribution in [0.2, 0.25) is 0 Å². The molecule has 0 amide bonds. The zero-order chi connectivity index (χ0) is 12.3. The lowest BCUT2D eigenvalue weighted by atomic mass is 10.1. The highest BCUT2D eigenvalue weighted by molar-refractivity contribution is 7.11. The number of aromatic nitrogens is 1. The molecule has 96 valence electrons. The number of hydrogen-bond donors (Lipinski definition) is 0. The summed E-state index contributed by atoms with van der Waals surface area (Å²) in [7, 11) is 0. The van der Waals surface area contributed by atoms with Crippen LogP contribution in [0.3, 0.4) is 0 Å². The molecule has 3 nitrogen and oxygen atoms in total. The van der Waals surface area contributed by atoms with Crippen LogP contribution in [0.25, 0.3) is 0 Å². The van der Waals surface area contributed by atoms with E-state index in [1.54, 1.807) is 0 Å². The van der Waals surface area contributed by atoms with Crippen LogP contribution < -0.4 is 0 Å². The molecule has 0 aliphatic carbocycles. The fraction of sp³-hybridized carbons (Fsp3) is 0.769. The largest absolute Gasteiger partial charge is 0.375 e. The SMILES string of the molecule is Cc1ncc(CN2CCC(OC(C)C)CC2)s1. The highest BCUT2D eigenvalue weighted by Crippen LogP contribution is 2.19. The van der Waals surface area contributed by atoms with Crippen LogP contribution >= 0.6 is 11.3 Å². The Morgan fingerprint density at radius 1 is 1.47 bits per heavy atom. The maximum absolute atomic E-state index is 5.86. The van der Waals surface area contributed by atoms with E-state index < -0.39 is 0 Å². The van der Waals surface area contributed by atoms with E-state index in [0.717, 1.165) is 37.5 Å². The molecule has 1 aromatic rings. The number of aryl methyl sites for hydroxylation is 1. The number of likely N-dealkylation sites (tertiary alicyclic amines) is 1. The molecule has 2 heterocycles. The molecule has 4 heteroatoms. The van der Waals surface area contributed by atoms with Gasteiger partial charge in [-0.15, -0.1) is 11.3 Å². The van der Waals surface area contributed by atoms with E-state index in [2.05, 4.69) is 30.7 Å². The van der Waals surface area contributed by atoms with Gasteiger partial charge >= 0.3 is 0 Å². The summed E-state index contributed by atoms with van der Waals surface area (Å²) < 4.78 is 5.86. The molecule has 0 bridgehead atoms. The third-order valence-electron chi connectivity index (χ3n) is 3.05. The van der Waals surface area contributed by atoms with Crippen molar-refractivity contribution >= 4 is 11.3 Å². The minimum absolute atomic E-state index is 0.357. The lowest BCUT2D eigenvalue weighted by Crippen LogP contribution is -2.37. The first-order valence-electron chi connectivity index (χ1n) is 6.42. The van der Waals surface area contributed by atoms with E-state index in [1.165, 1.54) is 4.88 Å². The van der Waals surface area contributed by atoms with Crippen LogP contribution in [0, 0.1) is 6.92 Å². The van der Waals surface area contributed by atoms with E-state index in [9.17, 15) is 0 Å². The van der Waals surface area contributed by atoms with Gasteiger partial charge in [-0.1, -0.05) is 0 Å². The molecule has 0 spiro atoms. The molecule has 1 aliphatic heterocycles. The van der Waals surface area contributed by atoms with Gasteiger partial charge in [-0.05, 0) is 33.6 Å². The molecule has 0 radical (unpaired) electrons. The molecule has 17 heavy (non-hydrogen) atoms. The molecular formula is C13H22N2OS. The monoisotopic (exact) mass is 254 g/mol. The van der Waals surface area contributed by atoms with Gasteiger partial charge in [0.25, 0.3) is 0 Å². The number of piperidine rings is 1. The van der Waals surface area contributed by atoms with Gasteiger partial charge in [0.1, 0.15) is 0 Å². The van der Waals surface area contributed by atoms with E-state index >= 15 is 0 Å². The average molecular weight is 254 g/mol. The molecule has 1 fully saturated rings. The minimum atomic E-state index is 0.357. The van der Waals surface area contributed by atoms with E-state index in [4.69, 9.17) is 4.74 Å². The van der Waals surface area contributed by atoms with Crippen molar-refractivity contribution < 1.29 is 4.74 Å². The summed E-state index contributed by atoms with van der Waals surface area (Å²) >= 11 is 1.81. The highest BCUT2D eigenvalue weighted by atomic mass is 32.1. The molecule has 0 aromatic carbocycles. The van der Waals surface area contributed by atoms with Crippen LogP contribution in [0.1, 0.15) is 36.6 Å². The van der Waals surface area contributed by atoms with Gasteiger partial charge in [0.15, 0.2) is 0 Å². The van der Waals surface area contributed by atoms with Gasteiger partial charge in [0, 0.05) is 30.7 Å². The number of thiazole rings is 1. The number of ether oxygens (including phenoxy) is 1. The maximum Gasteiger partial charge on any atom is 0.0897 e. The molecule has 1 saturated heterocycles. The predicted molar refractivity (Wildman–Crippen MR) is 71.4 cm³/mol. The fourth-order valence-electron chi connectivity index (χ4n) is 2.29. The molecule has 1 aromatic heterocycles. The summed E-state index contributed by atoms with van der Waals surface area (Å²) in [5.74, 6) is 0. The fourth-order valence-corrected chi connectivity index (χ4v) is 3.12. The Hall–Kier alpha value is -0.450. The second-order valence-corrected chi connectivity index (χ2v) is 6.33. The Morgan fingerprint density at radius 2 is 2.18 bits per heavy atom. The molecule has 0 N–H and O–H groups in total. The van der Waals surface area contributed by atoms with Crippen molar-refractivity contribution in [1.82, 2.24) is 9.88 Å². The van der Waals surface area contributed by atoms with Crippen LogP contribution in [0.5, 0.6) is 0 Å². The zero-order valence-electron chi connectivity index (χ0n) is 11.0. The third-order valence-corrected chi connectivity index (χ3v) is 3.95. The first-order valence-corrected chi connectivity index (χ1v) is 7.24. The van der Waals surface area contributed by atoms with Crippen molar-refractivity contribution in [2.24, 2.45) is 0 Å². The van der Waals surface area contributed by atoms with Crippen molar-refractivity contribution in [2.45, 2.75) is 52.4 Å². The minimum Gasteiger partial charge on any atom is -0.375 e. The van der Waals surface area contributed by atoms with Crippen LogP contribution in [-0.2, 0) is 11.3 Å². The van der Waals surface area contributed by atoms with Gasteiger partial charge in [-0.25, -0.2) is 4.98 Å². The second-order valence-electron chi connectivity index (χ2n) is 5.01.